The quantitative estimate of drug-likeness (QED) is 0.799. The molecular weight excluding hydrogens is 415 g/mol. The van der Waals surface area contributed by atoms with Crippen LogP contribution in [0.3, 0.4) is 0 Å². The monoisotopic (exact) mass is 434 g/mol. The number of morpholine rings is 1. The van der Waals surface area contributed by atoms with Crippen molar-refractivity contribution < 1.29 is 14.3 Å². The van der Waals surface area contributed by atoms with Crippen LogP contribution in [0.5, 0.6) is 0 Å². The van der Waals surface area contributed by atoms with Gasteiger partial charge in [-0.2, -0.15) is 0 Å². The first-order valence-corrected chi connectivity index (χ1v) is 10.1. The van der Waals surface area contributed by atoms with E-state index in [2.05, 4.69) is 10.3 Å². The first-order chi connectivity index (χ1) is 14.0. The number of anilines is 2. The highest BCUT2D eigenvalue weighted by Gasteiger charge is 2.33. The number of benzene rings is 1. The largest absolute Gasteiger partial charge is 0.378 e. The Labute approximate surface area is 178 Å². The summed E-state index contributed by atoms with van der Waals surface area (Å²) in [6, 6.07) is 8.34. The molecule has 1 N–H and O–H groups in total. The van der Waals surface area contributed by atoms with Crippen LogP contribution in [0.1, 0.15) is 16.8 Å². The normalized spacial score (nSPS) is 19.5. The molecule has 0 aliphatic carbocycles. The van der Waals surface area contributed by atoms with Crippen molar-refractivity contribution in [1.29, 1.82) is 0 Å². The SMILES string of the molecule is O=C(c1cnc(NC2CCN(c3cccc(Cl)c3)C2=O)c(Cl)c1)N1CCOCC1. The van der Waals surface area contributed by atoms with Crippen molar-refractivity contribution in [3.05, 3.63) is 52.1 Å². The number of amides is 2. The van der Waals surface area contributed by atoms with E-state index in [4.69, 9.17) is 27.9 Å². The first kappa shape index (κ1) is 19.9. The molecule has 3 heterocycles. The van der Waals surface area contributed by atoms with Gasteiger partial charge in [0.05, 0.1) is 23.8 Å². The predicted octanol–water partition coefficient (Wildman–Crippen LogP) is 3.08. The molecule has 2 aliphatic rings. The minimum absolute atomic E-state index is 0.0707. The van der Waals surface area contributed by atoms with Crippen molar-refractivity contribution in [3.63, 3.8) is 0 Å². The van der Waals surface area contributed by atoms with Gasteiger partial charge in [0.2, 0.25) is 5.91 Å². The van der Waals surface area contributed by atoms with Crippen molar-refractivity contribution in [2.75, 3.05) is 43.1 Å². The molecule has 1 atom stereocenters. The molecule has 0 saturated carbocycles. The number of nitrogens with one attached hydrogen (secondary N) is 1. The van der Waals surface area contributed by atoms with Gasteiger partial charge in [-0.15, -0.1) is 0 Å². The maximum Gasteiger partial charge on any atom is 0.255 e. The lowest BCUT2D eigenvalue weighted by atomic mass is 10.2. The highest BCUT2D eigenvalue weighted by molar-refractivity contribution is 6.33. The van der Waals surface area contributed by atoms with Gasteiger partial charge in [-0.05, 0) is 30.7 Å². The Morgan fingerprint density at radius 3 is 2.69 bits per heavy atom. The van der Waals surface area contributed by atoms with Crippen LogP contribution in [-0.2, 0) is 9.53 Å². The van der Waals surface area contributed by atoms with E-state index >= 15 is 0 Å². The van der Waals surface area contributed by atoms with Crippen molar-refractivity contribution in [3.8, 4) is 0 Å². The van der Waals surface area contributed by atoms with E-state index in [-0.39, 0.29) is 11.8 Å². The third-order valence-corrected chi connectivity index (χ3v) is 5.55. The van der Waals surface area contributed by atoms with Gasteiger partial charge >= 0.3 is 0 Å². The highest BCUT2D eigenvalue weighted by atomic mass is 35.5. The lowest BCUT2D eigenvalue weighted by molar-refractivity contribution is -0.117. The fourth-order valence-corrected chi connectivity index (χ4v) is 3.89. The number of carbonyl (C=O) groups excluding carboxylic acids is 2. The second-order valence-electron chi connectivity index (χ2n) is 6.91. The summed E-state index contributed by atoms with van der Waals surface area (Å²) in [6.45, 7) is 2.72. The Morgan fingerprint density at radius 1 is 1.17 bits per heavy atom. The van der Waals surface area contributed by atoms with Gasteiger partial charge < -0.3 is 19.9 Å². The number of pyridine rings is 1. The van der Waals surface area contributed by atoms with Crippen LogP contribution in [0.25, 0.3) is 0 Å². The highest BCUT2D eigenvalue weighted by Crippen LogP contribution is 2.28. The van der Waals surface area contributed by atoms with Gasteiger partial charge in [-0.1, -0.05) is 29.3 Å². The van der Waals surface area contributed by atoms with Gasteiger partial charge in [0.15, 0.2) is 0 Å². The Morgan fingerprint density at radius 2 is 1.97 bits per heavy atom. The van der Waals surface area contributed by atoms with Gasteiger partial charge in [0.25, 0.3) is 5.91 Å². The molecule has 2 aromatic rings. The number of aromatic nitrogens is 1. The van der Waals surface area contributed by atoms with E-state index in [0.717, 1.165) is 5.69 Å². The number of hydrogen-bond acceptors (Lipinski definition) is 5. The van der Waals surface area contributed by atoms with E-state index in [1.165, 1.54) is 6.20 Å². The molecule has 0 spiro atoms. The average Bonchev–Trinajstić information content (AvgIpc) is 3.10. The molecule has 2 fully saturated rings. The third-order valence-electron chi connectivity index (χ3n) is 5.02. The van der Waals surface area contributed by atoms with E-state index in [1.807, 2.05) is 12.1 Å². The zero-order valence-corrected chi connectivity index (χ0v) is 17.1. The summed E-state index contributed by atoms with van der Waals surface area (Å²) in [5.74, 6) is 0.188. The summed E-state index contributed by atoms with van der Waals surface area (Å²) in [5.41, 5.74) is 1.18. The summed E-state index contributed by atoms with van der Waals surface area (Å²) in [4.78, 5) is 33.1. The van der Waals surface area contributed by atoms with Gasteiger partial charge in [0.1, 0.15) is 11.9 Å². The molecule has 2 saturated heterocycles. The molecule has 0 bridgehead atoms. The van der Waals surface area contributed by atoms with Crippen LogP contribution in [0, 0.1) is 0 Å². The minimum Gasteiger partial charge on any atom is -0.378 e. The smallest absolute Gasteiger partial charge is 0.255 e. The van der Waals surface area contributed by atoms with Crippen LogP contribution in [0.4, 0.5) is 11.5 Å². The van der Waals surface area contributed by atoms with Crippen LogP contribution >= 0.6 is 23.2 Å². The molecule has 1 aromatic carbocycles. The second kappa shape index (κ2) is 8.57. The van der Waals surface area contributed by atoms with Crippen LogP contribution in [-0.4, -0.2) is 60.6 Å². The lowest BCUT2D eigenvalue weighted by Gasteiger charge is -2.26. The van der Waals surface area contributed by atoms with Crippen molar-refractivity contribution in [2.45, 2.75) is 12.5 Å². The summed E-state index contributed by atoms with van der Waals surface area (Å²) in [7, 11) is 0. The maximum atomic E-state index is 12.8. The standard InChI is InChI=1S/C20H20Cl2N4O3/c21-14-2-1-3-15(11-14)26-5-4-17(20(26)28)24-18-16(22)10-13(12-23-18)19(27)25-6-8-29-9-7-25/h1-3,10-12,17H,4-9H2,(H,23,24). The Hall–Kier alpha value is -2.35. The van der Waals surface area contributed by atoms with Crippen LogP contribution in [0.15, 0.2) is 36.5 Å². The third kappa shape index (κ3) is 4.32. The fourth-order valence-electron chi connectivity index (χ4n) is 3.49. The Bertz CT molecular complexity index is 934. The van der Waals surface area contributed by atoms with Crippen molar-refractivity contribution in [1.82, 2.24) is 9.88 Å². The second-order valence-corrected chi connectivity index (χ2v) is 7.76. The predicted molar refractivity (Wildman–Crippen MR) is 112 cm³/mol. The lowest BCUT2D eigenvalue weighted by Crippen LogP contribution is -2.40. The number of carbonyl (C=O) groups is 2. The van der Waals surface area contributed by atoms with E-state index < -0.39 is 6.04 Å². The average molecular weight is 435 g/mol. The number of ether oxygens (including phenoxy) is 1. The first-order valence-electron chi connectivity index (χ1n) is 9.39. The number of halogens is 2. The molecule has 2 aliphatic heterocycles. The molecule has 7 nitrogen and oxygen atoms in total. The number of hydrogen-bond donors (Lipinski definition) is 1. The molecule has 9 heteroatoms. The van der Waals surface area contributed by atoms with E-state index in [1.54, 1.807) is 28.0 Å². The van der Waals surface area contributed by atoms with Gasteiger partial charge in [-0.3, -0.25) is 9.59 Å². The van der Waals surface area contributed by atoms with Gasteiger partial charge in [-0.25, -0.2) is 4.98 Å². The summed E-state index contributed by atoms with van der Waals surface area (Å²) in [5, 5.41) is 3.99. The molecule has 1 aromatic heterocycles. The molecule has 4 rings (SSSR count). The number of rotatable bonds is 4. The molecule has 0 radical (unpaired) electrons. The zero-order valence-electron chi connectivity index (χ0n) is 15.6. The summed E-state index contributed by atoms with van der Waals surface area (Å²) < 4.78 is 5.27. The van der Waals surface area contributed by atoms with Crippen molar-refractivity contribution in [2.24, 2.45) is 0 Å². The molecule has 2 amide bonds. The molecule has 1 unspecified atom stereocenters. The van der Waals surface area contributed by atoms with E-state index in [0.29, 0.717) is 60.7 Å². The molecule has 152 valence electrons. The van der Waals surface area contributed by atoms with Gasteiger partial charge in [0, 0.05) is 36.5 Å². The topological polar surface area (TPSA) is 74.8 Å². The van der Waals surface area contributed by atoms with E-state index in [9.17, 15) is 9.59 Å². The Balaban J connectivity index is 1.44. The van der Waals surface area contributed by atoms with Crippen LogP contribution < -0.4 is 10.2 Å². The molecular formula is C20H20Cl2N4O3. The van der Waals surface area contributed by atoms with Crippen molar-refractivity contribution >= 4 is 46.5 Å². The van der Waals surface area contributed by atoms with Crippen LogP contribution in [0.2, 0.25) is 10.0 Å². The minimum atomic E-state index is -0.445. The fraction of sp³-hybridized carbons (Fsp3) is 0.350. The maximum absolute atomic E-state index is 12.8. The summed E-state index contributed by atoms with van der Waals surface area (Å²) >= 11 is 12.4. The zero-order chi connectivity index (χ0) is 20.4. The number of nitrogens with zero attached hydrogens (tertiary/aromatic N) is 3. The molecule has 29 heavy (non-hydrogen) atoms. The summed E-state index contributed by atoms with van der Waals surface area (Å²) in [6.07, 6.45) is 2.10. The Kier molecular flexibility index (Phi) is 5.89.